The average molecular weight is 249 g/mol. The van der Waals surface area contributed by atoms with E-state index in [0.29, 0.717) is 12.0 Å². The summed E-state index contributed by atoms with van der Waals surface area (Å²) in [5, 5.41) is 4.53. The quantitative estimate of drug-likeness (QED) is 0.816. The molecule has 92 valence electrons. The molecule has 4 heteroatoms. The highest BCUT2D eigenvalue weighted by Gasteiger charge is 2.10. The highest BCUT2D eigenvalue weighted by atomic mass is 32.1. The SMILES string of the molecule is Cc1nc2cc(NC(C)C(C)C)c(N)cc2s1. The second-order valence-electron chi connectivity index (χ2n) is 4.82. The van der Waals surface area contributed by atoms with E-state index in [2.05, 4.69) is 31.1 Å². The van der Waals surface area contributed by atoms with E-state index < -0.39 is 0 Å². The van der Waals surface area contributed by atoms with Gasteiger partial charge in [0.15, 0.2) is 0 Å². The molecule has 3 nitrogen and oxygen atoms in total. The summed E-state index contributed by atoms with van der Waals surface area (Å²) in [5.41, 5.74) is 8.88. The normalized spacial score (nSPS) is 13.2. The minimum Gasteiger partial charge on any atom is -0.397 e. The largest absolute Gasteiger partial charge is 0.397 e. The number of hydrogen-bond donors (Lipinski definition) is 2. The topological polar surface area (TPSA) is 50.9 Å². The molecule has 0 aliphatic heterocycles. The molecule has 0 aliphatic carbocycles. The number of nitrogens with two attached hydrogens (primary N) is 1. The molecule has 17 heavy (non-hydrogen) atoms. The second-order valence-corrected chi connectivity index (χ2v) is 6.05. The van der Waals surface area contributed by atoms with Crippen molar-refractivity contribution >= 4 is 32.9 Å². The zero-order valence-electron chi connectivity index (χ0n) is 10.7. The molecular formula is C13H19N3S. The Balaban J connectivity index is 2.36. The van der Waals surface area contributed by atoms with E-state index in [1.54, 1.807) is 11.3 Å². The van der Waals surface area contributed by atoms with Gasteiger partial charge in [0, 0.05) is 6.04 Å². The molecule has 1 atom stereocenters. The fourth-order valence-electron chi connectivity index (χ4n) is 1.64. The van der Waals surface area contributed by atoms with Crippen LogP contribution in [-0.4, -0.2) is 11.0 Å². The van der Waals surface area contributed by atoms with Crippen LogP contribution in [0.1, 0.15) is 25.8 Å². The molecule has 0 spiro atoms. The first-order chi connectivity index (χ1) is 7.97. The number of aromatic nitrogens is 1. The molecule has 0 amide bonds. The number of nitrogens with zero attached hydrogens (tertiary/aromatic N) is 1. The Hall–Kier alpha value is -1.29. The van der Waals surface area contributed by atoms with E-state index in [-0.39, 0.29) is 0 Å². The van der Waals surface area contributed by atoms with Gasteiger partial charge in [-0.3, -0.25) is 0 Å². The molecule has 0 saturated heterocycles. The van der Waals surface area contributed by atoms with Crippen LogP contribution < -0.4 is 11.1 Å². The highest BCUT2D eigenvalue weighted by molar-refractivity contribution is 7.18. The van der Waals surface area contributed by atoms with Gasteiger partial charge in [-0.15, -0.1) is 11.3 Å². The first-order valence-corrected chi connectivity index (χ1v) is 6.72. The van der Waals surface area contributed by atoms with E-state index in [1.165, 1.54) is 0 Å². The molecule has 1 heterocycles. The van der Waals surface area contributed by atoms with Crippen molar-refractivity contribution in [2.24, 2.45) is 5.92 Å². The Labute approximate surface area is 106 Å². The summed E-state index contributed by atoms with van der Waals surface area (Å²) in [6.07, 6.45) is 0. The first-order valence-electron chi connectivity index (χ1n) is 5.90. The number of hydrogen-bond acceptors (Lipinski definition) is 4. The molecule has 1 unspecified atom stereocenters. The van der Waals surface area contributed by atoms with Crippen molar-refractivity contribution < 1.29 is 0 Å². The number of benzene rings is 1. The lowest BCUT2D eigenvalue weighted by molar-refractivity contribution is 0.560. The first kappa shape index (κ1) is 12.2. The number of aryl methyl sites for hydroxylation is 1. The number of anilines is 2. The van der Waals surface area contributed by atoms with Crippen LogP contribution in [0.4, 0.5) is 11.4 Å². The van der Waals surface area contributed by atoms with Crippen molar-refractivity contribution in [1.82, 2.24) is 4.98 Å². The van der Waals surface area contributed by atoms with E-state index in [0.717, 1.165) is 26.6 Å². The number of rotatable bonds is 3. The van der Waals surface area contributed by atoms with Crippen molar-refractivity contribution in [3.8, 4) is 0 Å². The highest BCUT2D eigenvalue weighted by Crippen LogP contribution is 2.30. The number of fused-ring (bicyclic) bond motifs is 1. The van der Waals surface area contributed by atoms with E-state index in [1.807, 2.05) is 19.1 Å². The Bertz CT molecular complexity index is 531. The van der Waals surface area contributed by atoms with Crippen LogP contribution in [0.5, 0.6) is 0 Å². The third-order valence-corrected chi connectivity index (χ3v) is 3.98. The lowest BCUT2D eigenvalue weighted by Crippen LogP contribution is -2.22. The van der Waals surface area contributed by atoms with Crippen molar-refractivity contribution in [2.45, 2.75) is 33.7 Å². The Morgan fingerprint density at radius 3 is 2.65 bits per heavy atom. The summed E-state index contributed by atoms with van der Waals surface area (Å²) in [4.78, 5) is 4.49. The average Bonchev–Trinajstić information content (AvgIpc) is 2.57. The van der Waals surface area contributed by atoms with Gasteiger partial charge in [-0.05, 0) is 31.9 Å². The third-order valence-electron chi connectivity index (χ3n) is 3.05. The maximum absolute atomic E-state index is 6.06. The predicted molar refractivity (Wildman–Crippen MR) is 76.7 cm³/mol. The van der Waals surface area contributed by atoms with Crippen LogP contribution in [0.15, 0.2) is 12.1 Å². The smallest absolute Gasteiger partial charge is 0.0907 e. The van der Waals surface area contributed by atoms with Crippen molar-refractivity contribution in [3.63, 3.8) is 0 Å². The van der Waals surface area contributed by atoms with Gasteiger partial charge >= 0.3 is 0 Å². The molecule has 2 aromatic rings. The fraction of sp³-hybridized carbons (Fsp3) is 0.462. The molecular weight excluding hydrogens is 230 g/mol. The summed E-state index contributed by atoms with van der Waals surface area (Å²) in [5.74, 6) is 0.572. The van der Waals surface area contributed by atoms with Gasteiger partial charge in [-0.2, -0.15) is 0 Å². The minimum absolute atomic E-state index is 0.398. The molecule has 0 saturated carbocycles. The summed E-state index contributed by atoms with van der Waals surface area (Å²) in [7, 11) is 0. The summed E-state index contributed by atoms with van der Waals surface area (Å²) in [6, 6.07) is 4.46. The number of thiazole rings is 1. The van der Waals surface area contributed by atoms with Crippen LogP contribution >= 0.6 is 11.3 Å². The second kappa shape index (κ2) is 4.53. The van der Waals surface area contributed by atoms with Gasteiger partial charge in [0.2, 0.25) is 0 Å². The van der Waals surface area contributed by atoms with Crippen LogP contribution in [0.3, 0.4) is 0 Å². The molecule has 3 N–H and O–H groups in total. The van der Waals surface area contributed by atoms with Crippen LogP contribution in [0.25, 0.3) is 10.2 Å². The maximum Gasteiger partial charge on any atom is 0.0907 e. The summed E-state index contributed by atoms with van der Waals surface area (Å²) < 4.78 is 1.16. The predicted octanol–water partition coefficient (Wildman–Crippen LogP) is 3.64. The minimum atomic E-state index is 0.398. The Kier molecular flexibility index (Phi) is 3.24. The lowest BCUT2D eigenvalue weighted by Gasteiger charge is -2.20. The fourth-order valence-corrected chi connectivity index (χ4v) is 2.50. The lowest BCUT2D eigenvalue weighted by atomic mass is 10.1. The van der Waals surface area contributed by atoms with Gasteiger partial charge < -0.3 is 11.1 Å². The molecule has 0 fully saturated rings. The molecule has 1 aromatic carbocycles. The number of nitrogens with one attached hydrogen (secondary N) is 1. The van der Waals surface area contributed by atoms with E-state index in [4.69, 9.17) is 5.73 Å². The van der Waals surface area contributed by atoms with Gasteiger partial charge in [0.25, 0.3) is 0 Å². The van der Waals surface area contributed by atoms with Gasteiger partial charge in [0.1, 0.15) is 0 Å². The maximum atomic E-state index is 6.06. The number of nitrogen functional groups attached to an aromatic ring is 1. The van der Waals surface area contributed by atoms with Crippen molar-refractivity contribution in [3.05, 3.63) is 17.1 Å². The van der Waals surface area contributed by atoms with Crippen LogP contribution in [-0.2, 0) is 0 Å². The molecule has 1 aromatic heterocycles. The van der Waals surface area contributed by atoms with E-state index >= 15 is 0 Å². The van der Waals surface area contributed by atoms with Crippen molar-refractivity contribution in [2.75, 3.05) is 11.1 Å². The Morgan fingerprint density at radius 2 is 2.00 bits per heavy atom. The zero-order chi connectivity index (χ0) is 12.6. The zero-order valence-corrected chi connectivity index (χ0v) is 11.6. The Morgan fingerprint density at radius 1 is 1.29 bits per heavy atom. The van der Waals surface area contributed by atoms with Gasteiger partial charge in [-0.1, -0.05) is 13.8 Å². The van der Waals surface area contributed by atoms with Crippen LogP contribution in [0.2, 0.25) is 0 Å². The third kappa shape index (κ3) is 2.52. The standard InChI is InChI=1S/C13H19N3S/c1-7(2)8(3)15-11-6-12-13(5-10(11)14)17-9(4)16-12/h5-8,15H,14H2,1-4H3. The molecule has 0 radical (unpaired) electrons. The van der Waals surface area contributed by atoms with Gasteiger partial charge in [0.05, 0.1) is 26.6 Å². The molecule has 2 rings (SSSR count). The van der Waals surface area contributed by atoms with Crippen molar-refractivity contribution in [1.29, 1.82) is 0 Å². The summed E-state index contributed by atoms with van der Waals surface area (Å²) in [6.45, 7) is 8.57. The molecule has 0 bridgehead atoms. The van der Waals surface area contributed by atoms with Crippen LogP contribution in [0, 0.1) is 12.8 Å². The van der Waals surface area contributed by atoms with Gasteiger partial charge in [-0.25, -0.2) is 4.98 Å². The summed E-state index contributed by atoms with van der Waals surface area (Å²) >= 11 is 1.68. The monoisotopic (exact) mass is 249 g/mol. The van der Waals surface area contributed by atoms with E-state index in [9.17, 15) is 0 Å². The molecule has 0 aliphatic rings.